The summed E-state index contributed by atoms with van der Waals surface area (Å²) < 4.78 is 14.1. The van der Waals surface area contributed by atoms with Crippen molar-refractivity contribution in [2.45, 2.75) is 64.2 Å². The molecule has 2 aliphatic rings. The van der Waals surface area contributed by atoms with E-state index in [1.165, 1.54) is 19.3 Å². The second-order valence-electron chi connectivity index (χ2n) is 6.28. The molecule has 18 heavy (non-hydrogen) atoms. The molecular weight excluding hydrogens is 229 g/mol. The molecule has 0 radical (unpaired) electrons. The number of hydrogen-bond acceptors (Lipinski definition) is 4. The molecule has 0 spiro atoms. The minimum Gasteiger partial charge on any atom is -0.398 e. The van der Waals surface area contributed by atoms with Gasteiger partial charge in [-0.3, -0.25) is 0 Å². The van der Waals surface area contributed by atoms with E-state index in [1.807, 2.05) is 4.68 Å². The maximum absolute atomic E-state index is 6.04. The van der Waals surface area contributed by atoms with Crippen molar-refractivity contribution in [2.75, 3.05) is 0 Å². The Kier molecular flexibility index (Phi) is 2.58. The summed E-state index contributed by atoms with van der Waals surface area (Å²) in [6, 6.07) is 0.474. The number of rotatable bonds is 2. The van der Waals surface area contributed by atoms with Crippen LogP contribution in [0.25, 0.3) is 0 Å². The largest absolute Gasteiger partial charge is 0.515 e. The van der Waals surface area contributed by atoms with Crippen molar-refractivity contribution in [1.82, 2.24) is 15.0 Å². The highest BCUT2D eigenvalue weighted by Crippen LogP contribution is 2.37. The quantitative estimate of drug-likeness (QED) is 0.741. The summed E-state index contributed by atoms with van der Waals surface area (Å²) in [6.07, 6.45) is 5.39. The molecule has 5 nitrogen and oxygen atoms in total. The van der Waals surface area contributed by atoms with Crippen LogP contribution in [0.15, 0.2) is 6.20 Å². The minimum atomic E-state index is -0.356. The first-order chi connectivity index (χ1) is 8.41. The normalized spacial score (nSPS) is 26.3. The Morgan fingerprint density at radius 1 is 1.22 bits per heavy atom. The third-order valence-electron chi connectivity index (χ3n) is 4.52. The van der Waals surface area contributed by atoms with Gasteiger partial charge in [0.15, 0.2) is 0 Å². The van der Waals surface area contributed by atoms with E-state index in [9.17, 15) is 0 Å². The highest BCUT2D eigenvalue weighted by Gasteiger charge is 2.53. The fourth-order valence-electron chi connectivity index (χ4n) is 2.30. The van der Waals surface area contributed by atoms with Gasteiger partial charge in [-0.25, -0.2) is 4.68 Å². The van der Waals surface area contributed by atoms with E-state index in [1.54, 1.807) is 6.20 Å². The van der Waals surface area contributed by atoms with Gasteiger partial charge in [0.25, 0.3) is 0 Å². The van der Waals surface area contributed by atoms with Gasteiger partial charge in [-0.1, -0.05) is 5.21 Å². The van der Waals surface area contributed by atoms with Gasteiger partial charge in [0, 0.05) is 0 Å². The molecule has 0 aromatic carbocycles. The van der Waals surface area contributed by atoms with E-state index in [-0.39, 0.29) is 18.3 Å². The van der Waals surface area contributed by atoms with Crippen LogP contribution in [0.4, 0.5) is 0 Å². The molecule has 6 heteroatoms. The van der Waals surface area contributed by atoms with Crippen LogP contribution >= 0.6 is 0 Å². The molecule has 3 rings (SSSR count). The highest BCUT2D eigenvalue weighted by molar-refractivity contribution is 6.61. The topological polar surface area (TPSA) is 49.2 Å². The molecule has 0 N–H and O–H groups in total. The second kappa shape index (κ2) is 3.81. The monoisotopic (exact) mass is 249 g/mol. The van der Waals surface area contributed by atoms with Crippen LogP contribution in [0.5, 0.6) is 0 Å². The summed E-state index contributed by atoms with van der Waals surface area (Å²) in [6.45, 7) is 8.24. The van der Waals surface area contributed by atoms with Gasteiger partial charge in [-0.2, -0.15) is 0 Å². The fourth-order valence-corrected chi connectivity index (χ4v) is 2.30. The van der Waals surface area contributed by atoms with E-state index in [2.05, 4.69) is 38.0 Å². The molecule has 1 aliphatic heterocycles. The molecule has 1 saturated heterocycles. The third-order valence-corrected chi connectivity index (χ3v) is 4.52. The lowest BCUT2D eigenvalue weighted by atomic mass is 9.83. The Labute approximate surface area is 108 Å². The fraction of sp³-hybridized carbons (Fsp3) is 0.833. The van der Waals surface area contributed by atoms with Crippen LogP contribution < -0.4 is 5.59 Å². The first-order valence-electron chi connectivity index (χ1n) is 6.66. The molecule has 0 amide bonds. The van der Waals surface area contributed by atoms with E-state index >= 15 is 0 Å². The van der Waals surface area contributed by atoms with E-state index < -0.39 is 0 Å². The molecule has 2 fully saturated rings. The minimum absolute atomic E-state index is 0.313. The van der Waals surface area contributed by atoms with Gasteiger partial charge < -0.3 is 9.31 Å². The van der Waals surface area contributed by atoms with Gasteiger partial charge in [0.2, 0.25) is 0 Å². The molecule has 98 valence electrons. The zero-order valence-electron chi connectivity index (χ0n) is 11.5. The molecule has 0 atom stereocenters. The molecule has 0 unspecified atom stereocenters. The van der Waals surface area contributed by atoms with Crippen molar-refractivity contribution in [1.29, 1.82) is 0 Å². The van der Waals surface area contributed by atoms with Crippen molar-refractivity contribution >= 4 is 12.7 Å². The van der Waals surface area contributed by atoms with Crippen molar-refractivity contribution in [2.24, 2.45) is 0 Å². The summed E-state index contributed by atoms with van der Waals surface area (Å²) in [4.78, 5) is 0. The van der Waals surface area contributed by atoms with Crippen LogP contribution in [0.2, 0.25) is 0 Å². The summed E-state index contributed by atoms with van der Waals surface area (Å²) in [5, 5.41) is 8.20. The van der Waals surface area contributed by atoms with Crippen molar-refractivity contribution < 1.29 is 9.31 Å². The van der Waals surface area contributed by atoms with Gasteiger partial charge in [0.1, 0.15) is 0 Å². The average molecular weight is 249 g/mol. The number of hydrogen-bond donors (Lipinski definition) is 0. The Bertz CT molecular complexity index is 438. The van der Waals surface area contributed by atoms with Crippen LogP contribution in [0.1, 0.15) is 53.0 Å². The average Bonchev–Trinajstić information content (AvgIpc) is 2.68. The molecule has 1 aliphatic carbocycles. The predicted molar refractivity (Wildman–Crippen MR) is 68.6 cm³/mol. The van der Waals surface area contributed by atoms with Gasteiger partial charge in [-0.05, 0) is 47.0 Å². The van der Waals surface area contributed by atoms with Gasteiger partial charge in [0.05, 0.1) is 29.0 Å². The van der Waals surface area contributed by atoms with Gasteiger partial charge >= 0.3 is 7.12 Å². The molecular formula is C12H20BN3O2. The predicted octanol–water partition coefficient (Wildman–Crippen LogP) is 1.30. The zero-order valence-corrected chi connectivity index (χ0v) is 11.5. The van der Waals surface area contributed by atoms with E-state index in [0.717, 1.165) is 5.59 Å². The Hall–Kier alpha value is -0.875. The first-order valence-corrected chi connectivity index (χ1v) is 6.66. The summed E-state index contributed by atoms with van der Waals surface area (Å²) in [5.41, 5.74) is 0.317. The molecule has 2 heterocycles. The molecule has 1 aromatic heterocycles. The van der Waals surface area contributed by atoms with Crippen LogP contribution in [0, 0.1) is 0 Å². The van der Waals surface area contributed by atoms with Crippen LogP contribution in [0.3, 0.4) is 0 Å². The lowest BCUT2D eigenvalue weighted by molar-refractivity contribution is 0.00578. The highest BCUT2D eigenvalue weighted by atomic mass is 16.7. The van der Waals surface area contributed by atoms with Crippen LogP contribution in [-0.2, 0) is 9.31 Å². The zero-order chi connectivity index (χ0) is 13.0. The summed E-state index contributed by atoms with van der Waals surface area (Å²) in [5.74, 6) is 0. The molecule has 0 bridgehead atoms. The van der Waals surface area contributed by atoms with Crippen LogP contribution in [-0.4, -0.2) is 33.3 Å². The molecule has 1 saturated carbocycles. The lowest BCUT2D eigenvalue weighted by Gasteiger charge is -2.32. The SMILES string of the molecule is CC1(C)OB(c2cnnn2C2CCC2)OC1(C)C. The Morgan fingerprint density at radius 2 is 1.83 bits per heavy atom. The summed E-state index contributed by atoms with van der Waals surface area (Å²) in [7, 11) is -0.356. The number of aromatic nitrogens is 3. The smallest absolute Gasteiger partial charge is 0.398 e. The van der Waals surface area contributed by atoms with Gasteiger partial charge in [-0.15, -0.1) is 5.10 Å². The first kappa shape index (κ1) is 12.2. The number of nitrogens with zero attached hydrogens (tertiary/aromatic N) is 3. The lowest BCUT2D eigenvalue weighted by Crippen LogP contribution is -2.42. The maximum atomic E-state index is 6.04. The Balaban J connectivity index is 1.86. The molecule has 1 aromatic rings. The van der Waals surface area contributed by atoms with E-state index in [4.69, 9.17) is 9.31 Å². The van der Waals surface area contributed by atoms with Crippen molar-refractivity contribution in [3.8, 4) is 0 Å². The van der Waals surface area contributed by atoms with Crippen molar-refractivity contribution in [3.05, 3.63) is 6.20 Å². The van der Waals surface area contributed by atoms with Crippen molar-refractivity contribution in [3.63, 3.8) is 0 Å². The third kappa shape index (κ3) is 1.70. The Morgan fingerprint density at radius 3 is 2.33 bits per heavy atom. The maximum Gasteiger partial charge on any atom is 0.515 e. The standard InChI is InChI=1S/C12H20BN3O2/c1-11(2)12(3,4)18-13(17-11)10-8-14-15-16(10)9-6-5-7-9/h8-9H,5-7H2,1-4H3. The second-order valence-corrected chi connectivity index (χ2v) is 6.28. The van der Waals surface area contributed by atoms with E-state index in [0.29, 0.717) is 6.04 Å². The summed E-state index contributed by atoms with van der Waals surface area (Å²) >= 11 is 0.